The molecule has 0 amide bonds. The summed E-state index contributed by atoms with van der Waals surface area (Å²) in [5, 5.41) is 7.78. The number of hydrogen-bond acceptors (Lipinski definition) is 5. The van der Waals surface area contributed by atoms with E-state index >= 15 is 0 Å². The largest absolute Gasteiger partial charge is 0.363 e. The summed E-state index contributed by atoms with van der Waals surface area (Å²) < 4.78 is 0. The smallest absolute Gasteiger partial charge is 0.191 e. The summed E-state index contributed by atoms with van der Waals surface area (Å²) in [5.74, 6) is 1.73. The van der Waals surface area contributed by atoms with Crippen LogP contribution in [0.5, 0.6) is 0 Å². The van der Waals surface area contributed by atoms with Gasteiger partial charge in [0.05, 0.1) is 17.2 Å². The van der Waals surface area contributed by atoms with Crippen LogP contribution in [-0.2, 0) is 19.4 Å². The van der Waals surface area contributed by atoms with Gasteiger partial charge < -0.3 is 15.5 Å². The van der Waals surface area contributed by atoms with Crippen LogP contribution in [0.2, 0.25) is 0 Å². The maximum Gasteiger partial charge on any atom is 0.191 e. The third kappa shape index (κ3) is 7.15. The van der Waals surface area contributed by atoms with Crippen molar-refractivity contribution >= 4 is 47.1 Å². The Morgan fingerprint density at radius 2 is 2.08 bits per heavy atom. The summed E-state index contributed by atoms with van der Waals surface area (Å²) >= 11 is 1.78. The van der Waals surface area contributed by atoms with Crippen LogP contribution in [0.15, 0.2) is 29.4 Å². The molecule has 25 heavy (non-hydrogen) atoms. The van der Waals surface area contributed by atoms with E-state index in [4.69, 9.17) is 0 Å². The van der Waals surface area contributed by atoms with Crippen molar-refractivity contribution in [2.45, 2.75) is 26.3 Å². The van der Waals surface area contributed by atoms with Gasteiger partial charge in [0.2, 0.25) is 0 Å². The van der Waals surface area contributed by atoms with Crippen LogP contribution in [-0.4, -0.2) is 43.6 Å². The number of nitrogens with zero attached hydrogens (tertiary/aromatic N) is 4. The fourth-order valence-electron chi connectivity index (χ4n) is 2.12. The zero-order valence-electron chi connectivity index (χ0n) is 15.2. The Balaban J connectivity index is 0.00000312. The van der Waals surface area contributed by atoms with Crippen LogP contribution in [0.1, 0.15) is 22.5 Å². The molecule has 2 aromatic rings. The van der Waals surface area contributed by atoms with E-state index < -0.39 is 0 Å². The van der Waals surface area contributed by atoms with E-state index in [1.807, 2.05) is 43.4 Å². The topological polar surface area (TPSA) is 65.4 Å². The molecule has 0 unspecified atom stereocenters. The molecule has 8 heteroatoms. The first kappa shape index (κ1) is 21.6. The van der Waals surface area contributed by atoms with Crippen molar-refractivity contribution in [3.63, 3.8) is 0 Å². The highest BCUT2D eigenvalue weighted by Crippen LogP contribution is 2.13. The van der Waals surface area contributed by atoms with Gasteiger partial charge in [-0.05, 0) is 18.6 Å². The van der Waals surface area contributed by atoms with Gasteiger partial charge >= 0.3 is 0 Å². The molecule has 0 spiro atoms. The van der Waals surface area contributed by atoms with E-state index in [1.54, 1.807) is 18.4 Å². The molecular formula is C17H27IN6S. The van der Waals surface area contributed by atoms with Crippen molar-refractivity contribution in [1.29, 1.82) is 0 Å². The summed E-state index contributed by atoms with van der Waals surface area (Å²) in [6.45, 7) is 3.60. The highest BCUT2D eigenvalue weighted by molar-refractivity contribution is 14.0. The predicted molar refractivity (Wildman–Crippen MR) is 117 cm³/mol. The van der Waals surface area contributed by atoms with Crippen molar-refractivity contribution in [3.8, 4) is 0 Å². The van der Waals surface area contributed by atoms with Gasteiger partial charge in [-0.25, -0.2) is 9.97 Å². The second-order valence-corrected chi connectivity index (χ2v) is 6.76. The zero-order chi connectivity index (χ0) is 17.4. The standard InChI is InChI=1S/C17H26N6S.HI/c1-5-14-12-20-16(24-14)9-10-19-17(18-2)21-11-13-7-6-8-15(22-13)23(3)4;/h6-8,12H,5,9-11H2,1-4H3,(H2,18,19,21);1H. The Labute approximate surface area is 171 Å². The number of hydrogen-bond donors (Lipinski definition) is 2. The van der Waals surface area contributed by atoms with E-state index in [-0.39, 0.29) is 24.0 Å². The Hall–Kier alpha value is -1.42. The molecular weight excluding hydrogens is 447 g/mol. The van der Waals surface area contributed by atoms with Crippen LogP contribution >= 0.6 is 35.3 Å². The van der Waals surface area contributed by atoms with Crippen LogP contribution in [0.3, 0.4) is 0 Å². The predicted octanol–water partition coefficient (Wildman–Crippen LogP) is 2.69. The molecule has 0 aliphatic heterocycles. The van der Waals surface area contributed by atoms with Gasteiger partial charge in [0.1, 0.15) is 5.82 Å². The monoisotopic (exact) mass is 474 g/mol. The lowest BCUT2D eigenvalue weighted by atomic mass is 10.3. The van der Waals surface area contributed by atoms with Crippen molar-refractivity contribution in [1.82, 2.24) is 20.6 Å². The van der Waals surface area contributed by atoms with E-state index in [2.05, 4.69) is 32.5 Å². The van der Waals surface area contributed by atoms with Crippen LogP contribution in [0.4, 0.5) is 5.82 Å². The van der Waals surface area contributed by atoms with Crippen LogP contribution < -0.4 is 15.5 Å². The molecule has 0 bridgehead atoms. The number of pyridine rings is 1. The summed E-state index contributed by atoms with van der Waals surface area (Å²) in [6, 6.07) is 6.02. The van der Waals surface area contributed by atoms with Crippen molar-refractivity contribution in [2.24, 2.45) is 4.99 Å². The highest BCUT2D eigenvalue weighted by Gasteiger charge is 2.04. The number of nitrogens with one attached hydrogen (secondary N) is 2. The van der Waals surface area contributed by atoms with E-state index in [0.717, 1.165) is 41.9 Å². The minimum absolute atomic E-state index is 0. The molecule has 0 aliphatic rings. The van der Waals surface area contributed by atoms with Gasteiger partial charge in [0, 0.05) is 45.2 Å². The molecule has 0 saturated heterocycles. The molecule has 0 atom stereocenters. The molecule has 0 fully saturated rings. The molecule has 0 aliphatic carbocycles. The molecule has 6 nitrogen and oxygen atoms in total. The van der Waals surface area contributed by atoms with Crippen molar-refractivity contribution in [2.75, 3.05) is 32.6 Å². The third-order valence-electron chi connectivity index (χ3n) is 3.49. The number of aromatic nitrogens is 2. The molecule has 2 heterocycles. The number of aryl methyl sites for hydroxylation is 1. The number of rotatable bonds is 7. The second kappa shape index (κ2) is 11.2. The normalized spacial score (nSPS) is 11.0. The third-order valence-corrected chi connectivity index (χ3v) is 4.69. The average molecular weight is 474 g/mol. The van der Waals surface area contributed by atoms with E-state index in [9.17, 15) is 0 Å². The fraction of sp³-hybridized carbons (Fsp3) is 0.471. The lowest BCUT2D eigenvalue weighted by molar-refractivity contribution is 0.780. The second-order valence-electron chi connectivity index (χ2n) is 5.56. The Morgan fingerprint density at radius 1 is 1.28 bits per heavy atom. The molecule has 2 N–H and O–H groups in total. The molecule has 0 radical (unpaired) electrons. The number of aliphatic imine (C=N–C) groups is 1. The first-order valence-electron chi connectivity index (χ1n) is 8.13. The lowest BCUT2D eigenvalue weighted by Crippen LogP contribution is -2.38. The summed E-state index contributed by atoms with van der Waals surface area (Å²) in [7, 11) is 5.75. The van der Waals surface area contributed by atoms with Gasteiger partial charge in [-0.15, -0.1) is 35.3 Å². The SMILES string of the molecule is CCc1cnc(CCNC(=NC)NCc2cccc(N(C)C)n2)s1.I. The maximum absolute atomic E-state index is 4.59. The molecule has 0 aromatic carbocycles. The summed E-state index contributed by atoms with van der Waals surface area (Å²) in [5.41, 5.74) is 0.983. The molecule has 2 rings (SSSR count). The molecule has 0 saturated carbocycles. The lowest BCUT2D eigenvalue weighted by Gasteiger charge is -2.14. The Morgan fingerprint density at radius 3 is 2.72 bits per heavy atom. The van der Waals surface area contributed by atoms with E-state index in [1.165, 1.54) is 4.88 Å². The Kier molecular flexibility index (Phi) is 9.73. The molecule has 138 valence electrons. The van der Waals surface area contributed by atoms with Gasteiger partial charge in [0.25, 0.3) is 0 Å². The zero-order valence-corrected chi connectivity index (χ0v) is 18.4. The number of thiazole rings is 1. The van der Waals surface area contributed by atoms with Gasteiger partial charge in [0.15, 0.2) is 5.96 Å². The van der Waals surface area contributed by atoms with Crippen LogP contribution in [0.25, 0.3) is 0 Å². The fourth-order valence-corrected chi connectivity index (χ4v) is 2.99. The van der Waals surface area contributed by atoms with Gasteiger partial charge in [-0.3, -0.25) is 4.99 Å². The number of anilines is 1. The van der Waals surface area contributed by atoms with Gasteiger partial charge in [-0.2, -0.15) is 0 Å². The summed E-state index contributed by atoms with van der Waals surface area (Å²) in [4.78, 5) is 16.6. The quantitative estimate of drug-likeness (QED) is 0.367. The first-order chi connectivity index (χ1) is 11.6. The first-order valence-corrected chi connectivity index (χ1v) is 8.95. The molecule has 2 aromatic heterocycles. The van der Waals surface area contributed by atoms with Crippen molar-refractivity contribution < 1.29 is 0 Å². The maximum atomic E-state index is 4.59. The van der Waals surface area contributed by atoms with Crippen molar-refractivity contribution in [3.05, 3.63) is 40.0 Å². The number of guanidine groups is 1. The minimum Gasteiger partial charge on any atom is -0.363 e. The number of halogens is 1. The highest BCUT2D eigenvalue weighted by atomic mass is 127. The average Bonchev–Trinajstić information content (AvgIpc) is 3.06. The van der Waals surface area contributed by atoms with Crippen LogP contribution in [0, 0.1) is 0 Å². The minimum atomic E-state index is 0. The Bertz CT molecular complexity index is 671. The van der Waals surface area contributed by atoms with Gasteiger partial charge in [-0.1, -0.05) is 13.0 Å². The van der Waals surface area contributed by atoms with E-state index in [0.29, 0.717) is 6.54 Å². The summed E-state index contributed by atoms with van der Waals surface area (Å²) in [6.07, 6.45) is 3.92.